The molecule has 0 atom stereocenters. The second kappa shape index (κ2) is 6.02. The second-order valence-electron chi connectivity index (χ2n) is 5.57. The summed E-state index contributed by atoms with van der Waals surface area (Å²) < 4.78 is 1.92. The van der Waals surface area contributed by atoms with Gasteiger partial charge in [-0.1, -0.05) is 29.8 Å². The van der Waals surface area contributed by atoms with Gasteiger partial charge in [-0.15, -0.1) is 0 Å². The van der Waals surface area contributed by atoms with Gasteiger partial charge in [0.15, 0.2) is 5.65 Å². The van der Waals surface area contributed by atoms with Crippen LogP contribution in [0.5, 0.6) is 0 Å². The Balaban J connectivity index is 1.67. The fourth-order valence-corrected chi connectivity index (χ4v) is 2.46. The van der Waals surface area contributed by atoms with Gasteiger partial charge in [-0.3, -0.25) is 4.79 Å². The van der Waals surface area contributed by atoms with Gasteiger partial charge >= 0.3 is 0 Å². The SMILES string of the molecule is Cc1ccc(CCC(=O)Nc2cccn3cc(C)nc23)cc1. The summed E-state index contributed by atoms with van der Waals surface area (Å²) in [5.74, 6) is 0.00864. The molecule has 0 fully saturated rings. The summed E-state index contributed by atoms with van der Waals surface area (Å²) in [7, 11) is 0. The summed E-state index contributed by atoms with van der Waals surface area (Å²) in [5, 5.41) is 2.96. The Morgan fingerprint density at radius 1 is 1.18 bits per heavy atom. The van der Waals surface area contributed by atoms with Crippen molar-refractivity contribution in [3.05, 3.63) is 65.6 Å². The molecule has 0 spiro atoms. The van der Waals surface area contributed by atoms with E-state index in [0.717, 1.165) is 23.4 Å². The number of nitrogens with zero attached hydrogens (tertiary/aromatic N) is 2. The van der Waals surface area contributed by atoms with Crippen molar-refractivity contribution in [3.8, 4) is 0 Å². The van der Waals surface area contributed by atoms with Gasteiger partial charge in [0.05, 0.1) is 11.4 Å². The monoisotopic (exact) mass is 293 g/mol. The van der Waals surface area contributed by atoms with Crippen LogP contribution in [0, 0.1) is 13.8 Å². The molecule has 0 saturated heterocycles. The fourth-order valence-electron chi connectivity index (χ4n) is 2.46. The van der Waals surface area contributed by atoms with Crippen LogP contribution in [-0.2, 0) is 11.2 Å². The first kappa shape index (κ1) is 14.3. The number of aromatic nitrogens is 2. The highest BCUT2D eigenvalue weighted by atomic mass is 16.1. The van der Waals surface area contributed by atoms with E-state index < -0.39 is 0 Å². The lowest BCUT2D eigenvalue weighted by molar-refractivity contribution is -0.116. The van der Waals surface area contributed by atoms with Crippen molar-refractivity contribution < 1.29 is 4.79 Å². The predicted molar refractivity (Wildman–Crippen MR) is 88.1 cm³/mol. The summed E-state index contributed by atoms with van der Waals surface area (Å²) >= 11 is 0. The van der Waals surface area contributed by atoms with Crippen LogP contribution in [0.15, 0.2) is 48.8 Å². The molecule has 1 aromatic carbocycles. The van der Waals surface area contributed by atoms with Gasteiger partial charge in [0.1, 0.15) is 0 Å². The molecule has 22 heavy (non-hydrogen) atoms. The summed E-state index contributed by atoms with van der Waals surface area (Å²) in [6.07, 6.45) is 5.07. The lowest BCUT2D eigenvalue weighted by atomic mass is 10.1. The zero-order valence-corrected chi connectivity index (χ0v) is 12.8. The first-order valence-electron chi connectivity index (χ1n) is 7.41. The second-order valence-corrected chi connectivity index (χ2v) is 5.57. The van der Waals surface area contributed by atoms with Crippen LogP contribution in [0.1, 0.15) is 23.2 Å². The molecule has 0 saturated carbocycles. The van der Waals surface area contributed by atoms with E-state index >= 15 is 0 Å². The van der Waals surface area contributed by atoms with Crippen LogP contribution in [0.4, 0.5) is 5.69 Å². The van der Waals surface area contributed by atoms with E-state index in [9.17, 15) is 4.79 Å². The van der Waals surface area contributed by atoms with E-state index in [1.54, 1.807) is 0 Å². The summed E-state index contributed by atoms with van der Waals surface area (Å²) in [4.78, 5) is 16.6. The topological polar surface area (TPSA) is 46.4 Å². The van der Waals surface area contributed by atoms with Crippen molar-refractivity contribution in [1.29, 1.82) is 0 Å². The molecule has 0 radical (unpaired) electrons. The number of hydrogen-bond acceptors (Lipinski definition) is 2. The highest BCUT2D eigenvalue weighted by molar-refractivity contribution is 5.94. The molecule has 1 amide bonds. The summed E-state index contributed by atoms with van der Waals surface area (Å²) in [6, 6.07) is 12.1. The summed E-state index contributed by atoms with van der Waals surface area (Å²) in [5.41, 5.74) is 4.87. The number of amides is 1. The van der Waals surface area contributed by atoms with Crippen LogP contribution < -0.4 is 5.32 Å². The molecule has 3 aromatic rings. The predicted octanol–water partition coefficient (Wildman–Crippen LogP) is 3.52. The molecule has 4 nitrogen and oxygen atoms in total. The lowest BCUT2D eigenvalue weighted by Crippen LogP contribution is -2.13. The van der Waals surface area contributed by atoms with E-state index in [0.29, 0.717) is 6.42 Å². The Kier molecular flexibility index (Phi) is 3.92. The molecule has 2 aromatic heterocycles. The summed E-state index contributed by atoms with van der Waals surface area (Å²) in [6.45, 7) is 4.00. The van der Waals surface area contributed by atoms with Gasteiger partial charge in [0.2, 0.25) is 5.91 Å². The minimum atomic E-state index is 0.00864. The maximum Gasteiger partial charge on any atom is 0.224 e. The number of benzene rings is 1. The van der Waals surface area contributed by atoms with Crippen molar-refractivity contribution in [2.45, 2.75) is 26.7 Å². The highest BCUT2D eigenvalue weighted by Crippen LogP contribution is 2.16. The Hall–Kier alpha value is -2.62. The van der Waals surface area contributed by atoms with Crippen molar-refractivity contribution in [2.24, 2.45) is 0 Å². The highest BCUT2D eigenvalue weighted by Gasteiger charge is 2.08. The average molecular weight is 293 g/mol. The minimum Gasteiger partial charge on any atom is -0.323 e. The fraction of sp³-hybridized carbons (Fsp3) is 0.222. The van der Waals surface area contributed by atoms with E-state index in [1.807, 2.05) is 35.9 Å². The number of rotatable bonds is 4. The van der Waals surface area contributed by atoms with Crippen LogP contribution in [0.2, 0.25) is 0 Å². The zero-order chi connectivity index (χ0) is 15.5. The first-order valence-corrected chi connectivity index (χ1v) is 7.41. The van der Waals surface area contributed by atoms with Crippen LogP contribution >= 0.6 is 0 Å². The molecule has 0 unspecified atom stereocenters. The molecule has 4 heteroatoms. The van der Waals surface area contributed by atoms with E-state index in [4.69, 9.17) is 0 Å². The molecule has 3 rings (SSSR count). The Morgan fingerprint density at radius 2 is 1.95 bits per heavy atom. The van der Waals surface area contributed by atoms with Gasteiger partial charge in [0.25, 0.3) is 0 Å². The largest absolute Gasteiger partial charge is 0.323 e. The van der Waals surface area contributed by atoms with Crippen LogP contribution in [-0.4, -0.2) is 15.3 Å². The standard InChI is InChI=1S/C18H19N3O/c1-13-5-7-15(8-6-13)9-10-17(22)20-16-4-3-11-21-12-14(2)19-18(16)21/h3-8,11-12H,9-10H2,1-2H3,(H,20,22). The van der Waals surface area contributed by atoms with Gasteiger partial charge < -0.3 is 9.72 Å². The Bertz CT molecular complexity index is 803. The normalized spacial score (nSPS) is 10.8. The third kappa shape index (κ3) is 3.17. The minimum absolute atomic E-state index is 0.00864. The van der Waals surface area contributed by atoms with E-state index in [-0.39, 0.29) is 5.91 Å². The Morgan fingerprint density at radius 3 is 2.73 bits per heavy atom. The first-order chi connectivity index (χ1) is 10.6. The molecule has 0 aliphatic carbocycles. The maximum absolute atomic E-state index is 12.2. The molecule has 112 valence electrons. The van der Waals surface area contributed by atoms with Crippen LogP contribution in [0.25, 0.3) is 5.65 Å². The number of pyridine rings is 1. The number of carbonyl (C=O) groups is 1. The maximum atomic E-state index is 12.2. The number of anilines is 1. The van der Waals surface area contributed by atoms with Gasteiger partial charge in [-0.2, -0.15) is 0 Å². The van der Waals surface area contributed by atoms with Crippen molar-refractivity contribution in [1.82, 2.24) is 9.38 Å². The number of fused-ring (bicyclic) bond motifs is 1. The smallest absolute Gasteiger partial charge is 0.224 e. The Labute approximate surface area is 129 Å². The zero-order valence-electron chi connectivity index (χ0n) is 12.8. The van der Waals surface area contributed by atoms with Crippen molar-refractivity contribution >= 4 is 17.2 Å². The quantitative estimate of drug-likeness (QED) is 0.800. The van der Waals surface area contributed by atoms with Gasteiger partial charge in [-0.05, 0) is 38.0 Å². The van der Waals surface area contributed by atoms with E-state index in [2.05, 4.69) is 41.5 Å². The molecule has 0 aliphatic heterocycles. The number of hydrogen-bond donors (Lipinski definition) is 1. The number of aryl methyl sites for hydroxylation is 3. The van der Waals surface area contributed by atoms with Gasteiger partial charge in [-0.25, -0.2) is 4.98 Å². The molecule has 0 aliphatic rings. The van der Waals surface area contributed by atoms with Crippen LogP contribution in [0.3, 0.4) is 0 Å². The number of imidazole rings is 1. The van der Waals surface area contributed by atoms with Crippen molar-refractivity contribution in [2.75, 3.05) is 5.32 Å². The molecular formula is C18H19N3O. The third-order valence-corrected chi connectivity index (χ3v) is 3.64. The molecule has 2 heterocycles. The number of nitrogens with one attached hydrogen (secondary N) is 1. The van der Waals surface area contributed by atoms with Crippen molar-refractivity contribution in [3.63, 3.8) is 0 Å². The lowest BCUT2D eigenvalue weighted by Gasteiger charge is -2.07. The number of carbonyl (C=O) groups excluding carboxylic acids is 1. The molecule has 0 bridgehead atoms. The van der Waals surface area contributed by atoms with E-state index in [1.165, 1.54) is 11.1 Å². The molecular weight excluding hydrogens is 274 g/mol. The van der Waals surface area contributed by atoms with Gasteiger partial charge in [0, 0.05) is 18.8 Å². The average Bonchev–Trinajstić information content (AvgIpc) is 2.88. The third-order valence-electron chi connectivity index (χ3n) is 3.64. The molecule has 1 N–H and O–H groups in total.